The van der Waals surface area contributed by atoms with E-state index < -0.39 is 37.8 Å². The summed E-state index contributed by atoms with van der Waals surface area (Å²) < 4.78 is 47.0. The summed E-state index contributed by atoms with van der Waals surface area (Å²) in [7, 11) is -4.07. The van der Waals surface area contributed by atoms with Crippen LogP contribution in [0.4, 0.5) is 5.95 Å². The van der Waals surface area contributed by atoms with Crippen molar-refractivity contribution in [2.75, 3.05) is 25.6 Å². The van der Waals surface area contributed by atoms with Gasteiger partial charge in [0.05, 0.1) is 38.7 Å². The predicted molar refractivity (Wildman–Crippen MR) is 116 cm³/mol. The number of fused-ring (bicyclic) bond motifs is 2. The molecule has 2 saturated heterocycles. The number of ether oxygens (including phenoxy) is 3. The number of phosphoric acid groups is 1. The van der Waals surface area contributed by atoms with Crippen LogP contribution in [0.1, 0.15) is 40.3 Å². The fourth-order valence-electron chi connectivity index (χ4n) is 3.82. The normalized spacial score (nSPS) is 31.1. The Morgan fingerprint density at radius 2 is 2.21 bits per heavy atom. The molecule has 0 aliphatic carbocycles. The minimum absolute atomic E-state index is 0.0405. The molecule has 0 spiro atoms. The Morgan fingerprint density at radius 1 is 1.44 bits per heavy atom. The zero-order valence-electron chi connectivity index (χ0n) is 19.2. The Balaban J connectivity index is 1.51. The van der Waals surface area contributed by atoms with Gasteiger partial charge in [-0.05, 0) is 27.7 Å². The van der Waals surface area contributed by atoms with Crippen molar-refractivity contribution in [3.63, 3.8) is 0 Å². The third-order valence-corrected chi connectivity index (χ3v) is 6.67. The van der Waals surface area contributed by atoms with Crippen LogP contribution in [0, 0.1) is 0 Å². The maximum absolute atomic E-state index is 13.0. The van der Waals surface area contributed by atoms with Gasteiger partial charge in [0.1, 0.15) is 17.8 Å². The average Bonchev–Trinajstić information content (AvgIpc) is 3.26. The average molecular weight is 501 g/mol. The Labute approximate surface area is 195 Å². The van der Waals surface area contributed by atoms with E-state index in [0.717, 1.165) is 0 Å². The highest BCUT2D eigenvalue weighted by Crippen LogP contribution is 2.58. The van der Waals surface area contributed by atoms with E-state index in [2.05, 4.69) is 15.0 Å². The summed E-state index contributed by atoms with van der Waals surface area (Å²) in [4.78, 5) is 24.2. The Bertz CT molecular complexity index is 1110. The molecule has 2 aliphatic heterocycles. The van der Waals surface area contributed by atoms with E-state index in [1.54, 1.807) is 20.8 Å². The van der Waals surface area contributed by atoms with Gasteiger partial charge in [-0.3, -0.25) is 22.9 Å². The molecule has 4 heterocycles. The van der Waals surface area contributed by atoms with Crippen molar-refractivity contribution in [2.24, 2.45) is 0 Å². The van der Waals surface area contributed by atoms with Gasteiger partial charge in [-0.25, -0.2) is 9.55 Å². The lowest BCUT2D eigenvalue weighted by atomic mass is 9.96. The first-order valence-corrected chi connectivity index (χ1v) is 12.3. The second kappa shape index (κ2) is 9.36. The molecule has 188 valence electrons. The number of nitrogens with zero attached hydrogens (tertiary/aromatic N) is 4. The summed E-state index contributed by atoms with van der Waals surface area (Å²) in [6.07, 6.45) is -1.87. The molecule has 2 fully saturated rings. The van der Waals surface area contributed by atoms with Gasteiger partial charge in [-0.15, -0.1) is 0 Å². The molecular weight excluding hydrogens is 473 g/mol. The number of imidazole rings is 1. The van der Waals surface area contributed by atoms with Crippen LogP contribution < -0.4 is 10.5 Å². The Morgan fingerprint density at radius 3 is 2.91 bits per heavy atom. The largest absolute Gasteiger partial charge is 0.476 e. The zero-order valence-corrected chi connectivity index (χ0v) is 20.1. The molecule has 0 radical (unpaired) electrons. The van der Waals surface area contributed by atoms with Gasteiger partial charge >= 0.3 is 13.8 Å². The molecule has 0 saturated carbocycles. The highest BCUT2D eigenvalue weighted by molar-refractivity contribution is 7.48. The summed E-state index contributed by atoms with van der Waals surface area (Å²) >= 11 is 0. The number of hydrogen-bond acceptors (Lipinski definition) is 13. The van der Waals surface area contributed by atoms with E-state index in [0.29, 0.717) is 12.1 Å². The smallest absolute Gasteiger partial charge is 0.475 e. The van der Waals surface area contributed by atoms with Crippen LogP contribution in [0.5, 0.6) is 5.88 Å². The first-order chi connectivity index (χ1) is 16.0. The van der Waals surface area contributed by atoms with Crippen LogP contribution in [0.15, 0.2) is 6.33 Å². The number of esters is 1. The number of nitrogens with two attached hydrogens (primary N) is 1. The molecule has 4 rings (SSSR count). The van der Waals surface area contributed by atoms with Crippen molar-refractivity contribution in [1.82, 2.24) is 19.5 Å². The van der Waals surface area contributed by atoms with E-state index in [1.807, 2.05) is 0 Å². The minimum Gasteiger partial charge on any atom is -0.476 e. The monoisotopic (exact) mass is 501 g/mol. The van der Waals surface area contributed by atoms with E-state index in [9.17, 15) is 14.5 Å². The lowest BCUT2D eigenvalue weighted by Crippen LogP contribution is -2.47. The number of anilines is 1. The summed E-state index contributed by atoms with van der Waals surface area (Å²) in [6, 6.07) is 0. The van der Waals surface area contributed by atoms with Gasteiger partial charge < -0.3 is 25.1 Å². The quantitative estimate of drug-likeness (QED) is 0.391. The Hall–Kier alpha value is -2.35. The lowest BCUT2D eigenvalue weighted by Gasteiger charge is -2.34. The van der Waals surface area contributed by atoms with Crippen molar-refractivity contribution < 1.29 is 42.2 Å². The number of hydrogen-bond donors (Lipinski definition) is 2. The van der Waals surface area contributed by atoms with E-state index >= 15 is 0 Å². The molecule has 2 aromatic rings. The molecule has 14 nitrogen and oxygen atoms in total. The second-order valence-electron chi connectivity index (χ2n) is 8.29. The molecule has 0 bridgehead atoms. The van der Waals surface area contributed by atoms with Crippen LogP contribution in [0.2, 0.25) is 0 Å². The maximum Gasteiger partial charge on any atom is 0.475 e. The molecule has 0 aromatic carbocycles. The van der Waals surface area contributed by atoms with Crippen LogP contribution in [-0.2, 0) is 32.4 Å². The highest BCUT2D eigenvalue weighted by atomic mass is 31.2. The molecule has 15 heteroatoms. The standard InChI is InChI=1S/C19H28N5O9P/c1-5-28-16-13-15(22-18(20)23-16)24(9-21-13)17-19(4,26)14-11(32-17)8-30-34(27,33-14)29-7-6-12(25)31-10(2)3/h9-11,14,17,26H,5-8H2,1-4H3,(H2,20,22,23)/t11-,14-,17-,19-,34-/m1/s1. The van der Waals surface area contributed by atoms with Gasteiger partial charge in [0.2, 0.25) is 11.8 Å². The number of carbonyl (C=O) groups excluding carboxylic acids is 1. The van der Waals surface area contributed by atoms with Crippen LogP contribution >= 0.6 is 7.82 Å². The fourth-order valence-corrected chi connectivity index (χ4v) is 5.29. The number of nitrogen functional groups attached to an aromatic ring is 1. The number of rotatable bonds is 8. The summed E-state index contributed by atoms with van der Waals surface area (Å²) in [6.45, 7) is 6.63. The number of aromatic nitrogens is 4. The summed E-state index contributed by atoms with van der Waals surface area (Å²) in [5.74, 6) is -0.346. The Kier molecular flexibility index (Phi) is 6.82. The zero-order chi connectivity index (χ0) is 24.7. The van der Waals surface area contributed by atoms with E-state index in [4.69, 9.17) is 33.5 Å². The molecule has 5 atom stereocenters. The fraction of sp³-hybridized carbons (Fsp3) is 0.684. The molecule has 0 amide bonds. The molecule has 0 unspecified atom stereocenters. The number of carbonyl (C=O) groups is 1. The SMILES string of the molecule is CCOc1nc(N)nc2c1ncn2[C@@H]1O[C@@H]2CO[P@@](=O)(OCCC(=O)OC(C)C)O[C@H]2[C@@]1(C)O. The van der Waals surface area contributed by atoms with E-state index in [-0.39, 0.29) is 43.2 Å². The third-order valence-electron chi connectivity index (χ3n) is 5.22. The molecule has 2 aliphatic rings. The van der Waals surface area contributed by atoms with Crippen molar-refractivity contribution in [3.8, 4) is 5.88 Å². The van der Waals surface area contributed by atoms with E-state index in [1.165, 1.54) is 17.8 Å². The van der Waals surface area contributed by atoms with Gasteiger partial charge in [0.25, 0.3) is 0 Å². The van der Waals surface area contributed by atoms with Gasteiger partial charge in [0.15, 0.2) is 17.4 Å². The number of phosphoric ester groups is 1. The van der Waals surface area contributed by atoms with Crippen molar-refractivity contribution in [2.45, 2.75) is 64.3 Å². The first-order valence-electron chi connectivity index (χ1n) is 10.8. The lowest BCUT2D eigenvalue weighted by molar-refractivity contribution is -0.148. The summed E-state index contributed by atoms with van der Waals surface area (Å²) in [5, 5.41) is 11.4. The second-order valence-corrected chi connectivity index (χ2v) is 9.91. The maximum atomic E-state index is 13.0. The molecule has 3 N–H and O–H groups in total. The minimum atomic E-state index is -4.07. The van der Waals surface area contributed by atoms with Crippen LogP contribution in [-0.4, -0.2) is 74.3 Å². The van der Waals surface area contributed by atoms with Crippen LogP contribution in [0.3, 0.4) is 0 Å². The number of aliphatic hydroxyl groups is 1. The summed E-state index contributed by atoms with van der Waals surface area (Å²) in [5.41, 5.74) is 4.75. The van der Waals surface area contributed by atoms with Gasteiger partial charge in [0, 0.05) is 0 Å². The van der Waals surface area contributed by atoms with Crippen molar-refractivity contribution >= 4 is 30.9 Å². The topological polar surface area (TPSA) is 179 Å². The molecular formula is C19H28N5O9P. The van der Waals surface area contributed by atoms with Crippen molar-refractivity contribution in [3.05, 3.63) is 6.33 Å². The predicted octanol–water partition coefficient (Wildman–Crippen LogP) is 1.34. The van der Waals surface area contributed by atoms with Gasteiger partial charge in [-0.2, -0.15) is 9.97 Å². The van der Waals surface area contributed by atoms with Gasteiger partial charge in [-0.1, -0.05) is 0 Å². The highest BCUT2D eigenvalue weighted by Gasteiger charge is 2.60. The first kappa shape index (κ1) is 24.8. The van der Waals surface area contributed by atoms with Crippen molar-refractivity contribution in [1.29, 1.82) is 0 Å². The molecule has 34 heavy (non-hydrogen) atoms. The van der Waals surface area contributed by atoms with Crippen LogP contribution in [0.25, 0.3) is 11.2 Å². The third kappa shape index (κ3) is 4.74. The molecule has 2 aromatic heterocycles.